The number of piperidine rings is 2. The molecular weight excluding hydrogens is 842 g/mol. The van der Waals surface area contributed by atoms with Crippen molar-refractivity contribution in [3.63, 3.8) is 0 Å². The van der Waals surface area contributed by atoms with Crippen molar-refractivity contribution in [2.24, 2.45) is 11.8 Å². The van der Waals surface area contributed by atoms with Gasteiger partial charge in [0.25, 0.3) is 0 Å². The molecule has 2 atom stereocenters. The summed E-state index contributed by atoms with van der Waals surface area (Å²) in [6, 6.07) is 13.2. The Kier molecular flexibility index (Phi) is 13.1. The summed E-state index contributed by atoms with van der Waals surface area (Å²) in [4.78, 5) is 65.7. The van der Waals surface area contributed by atoms with E-state index in [4.69, 9.17) is 0 Å². The predicted molar refractivity (Wildman–Crippen MR) is 222 cm³/mol. The third kappa shape index (κ3) is 9.63. The van der Waals surface area contributed by atoms with Crippen LogP contribution in [0.3, 0.4) is 0 Å². The number of amides is 4. The van der Waals surface area contributed by atoms with E-state index in [0.29, 0.717) is 79.5 Å². The number of likely N-dealkylation sites (tertiary alicyclic amines) is 1. The molecule has 0 saturated carbocycles. The van der Waals surface area contributed by atoms with Gasteiger partial charge in [0.05, 0.1) is 8.95 Å². The van der Waals surface area contributed by atoms with Crippen molar-refractivity contribution in [3.8, 4) is 5.75 Å². The van der Waals surface area contributed by atoms with Gasteiger partial charge < -0.3 is 35.8 Å². The van der Waals surface area contributed by atoms with Gasteiger partial charge in [-0.2, -0.15) is 0 Å². The third-order valence-corrected chi connectivity index (χ3v) is 12.9. The van der Waals surface area contributed by atoms with Crippen LogP contribution in [0.2, 0.25) is 0 Å². The number of pyridine rings is 1. The summed E-state index contributed by atoms with van der Waals surface area (Å²) in [5.41, 5.74) is 4.71. The molecule has 0 unspecified atom stereocenters. The zero-order chi connectivity index (χ0) is 39.2. The number of hydrogen-bond donors (Lipinski definition) is 4. The monoisotopic (exact) mass is 889 g/mol. The van der Waals surface area contributed by atoms with Gasteiger partial charge in [-0.05, 0) is 141 Å². The predicted octanol–water partition coefficient (Wildman–Crippen LogP) is 5.08. The second-order valence-electron chi connectivity index (χ2n) is 15.3. The first kappa shape index (κ1) is 39.9. The number of piperazine rings is 1. The molecule has 4 N–H and O–H groups in total. The van der Waals surface area contributed by atoms with E-state index < -0.39 is 18.0 Å². The highest BCUT2D eigenvalue weighted by atomic mass is 79.9. The third-order valence-electron chi connectivity index (χ3n) is 11.7. The number of carbonyl (C=O) groups is 4. The Morgan fingerprint density at radius 3 is 2.23 bits per heavy atom. The van der Waals surface area contributed by atoms with E-state index in [1.807, 2.05) is 47.4 Å². The zero-order valence-electron chi connectivity index (χ0n) is 31.4. The van der Waals surface area contributed by atoms with Crippen molar-refractivity contribution in [1.82, 2.24) is 30.7 Å². The second-order valence-corrected chi connectivity index (χ2v) is 17.0. The summed E-state index contributed by atoms with van der Waals surface area (Å²) in [6.45, 7) is 5.00. The maximum absolute atomic E-state index is 14.4. The van der Waals surface area contributed by atoms with Crippen LogP contribution in [0.25, 0.3) is 6.08 Å². The lowest BCUT2D eigenvalue weighted by molar-refractivity contribution is -0.137. The van der Waals surface area contributed by atoms with Gasteiger partial charge in [-0.15, -0.1) is 0 Å². The summed E-state index contributed by atoms with van der Waals surface area (Å²) in [5.74, 6) is -0.0524. The minimum absolute atomic E-state index is 0.0355. The smallest absolute Gasteiger partial charge is 0.318 e. The average molecular weight is 892 g/mol. The average Bonchev–Trinajstić information content (AvgIpc) is 3.22. The number of phenolic OH excluding ortho intramolecular Hbond substituents is 1. The number of ketones is 1. The molecule has 3 saturated heterocycles. The highest BCUT2D eigenvalue weighted by Gasteiger charge is 2.35. The Morgan fingerprint density at radius 1 is 0.857 bits per heavy atom. The normalized spacial score (nSPS) is 19.1. The molecule has 0 spiro atoms. The number of nitrogens with one attached hydrogen (secondary N) is 3. The van der Waals surface area contributed by atoms with Gasteiger partial charge in [0.15, 0.2) is 5.78 Å². The van der Waals surface area contributed by atoms with E-state index in [2.05, 4.69) is 57.7 Å². The molecule has 12 nitrogen and oxygen atoms in total. The van der Waals surface area contributed by atoms with E-state index >= 15 is 0 Å². The fourth-order valence-corrected chi connectivity index (χ4v) is 9.71. The summed E-state index contributed by atoms with van der Waals surface area (Å²) in [7, 11) is 0. The van der Waals surface area contributed by atoms with E-state index in [1.165, 1.54) is 0 Å². The number of benzene rings is 2. The van der Waals surface area contributed by atoms with Crippen LogP contribution in [0, 0.1) is 11.8 Å². The Morgan fingerprint density at radius 2 is 1.54 bits per heavy atom. The van der Waals surface area contributed by atoms with Gasteiger partial charge in [0.2, 0.25) is 11.8 Å². The van der Waals surface area contributed by atoms with Crippen LogP contribution in [0.15, 0.2) is 75.4 Å². The molecule has 4 heterocycles. The zero-order valence-corrected chi connectivity index (χ0v) is 34.6. The van der Waals surface area contributed by atoms with Crippen LogP contribution >= 0.6 is 31.9 Å². The lowest BCUT2D eigenvalue weighted by Crippen LogP contribution is -2.59. The molecule has 0 bridgehead atoms. The van der Waals surface area contributed by atoms with Gasteiger partial charge in [-0.1, -0.05) is 24.3 Å². The van der Waals surface area contributed by atoms with Gasteiger partial charge in [-0.3, -0.25) is 19.4 Å². The van der Waals surface area contributed by atoms with E-state index in [1.54, 1.807) is 29.4 Å². The molecule has 2 aromatic carbocycles. The summed E-state index contributed by atoms with van der Waals surface area (Å²) in [5, 5.41) is 19.9. The van der Waals surface area contributed by atoms with Crippen LogP contribution in [0.4, 0.5) is 10.5 Å². The molecule has 3 aromatic rings. The van der Waals surface area contributed by atoms with Crippen LogP contribution in [0.1, 0.15) is 48.8 Å². The van der Waals surface area contributed by atoms with Crippen molar-refractivity contribution in [3.05, 3.63) is 92.1 Å². The SMILES string of the molecule is O=C1Cc2ccccc2C=C1C1CCN(C(=O)N[C@H](Cc2cc(Br)c(O)c(Br)c2)C(=O)N[C@@H](CC2CCNCC2)C(=O)N2CCN(c3ccncc3)CC2)CC1. The molecule has 4 aliphatic rings. The molecule has 3 fully saturated rings. The number of urea groups is 1. The first-order valence-electron chi connectivity index (χ1n) is 19.6. The Bertz CT molecular complexity index is 1920. The minimum atomic E-state index is -1.01. The Labute approximate surface area is 344 Å². The lowest BCUT2D eigenvalue weighted by Gasteiger charge is -2.38. The van der Waals surface area contributed by atoms with Crippen molar-refractivity contribution < 1.29 is 24.3 Å². The van der Waals surface area contributed by atoms with Crippen LogP contribution < -0.4 is 20.9 Å². The summed E-state index contributed by atoms with van der Waals surface area (Å²) >= 11 is 6.80. The number of hydrogen-bond acceptors (Lipinski definition) is 8. The first-order chi connectivity index (χ1) is 27.1. The van der Waals surface area contributed by atoms with Crippen LogP contribution in [-0.2, 0) is 27.2 Å². The number of fused-ring (bicyclic) bond motifs is 1. The molecule has 1 aromatic heterocycles. The largest absolute Gasteiger partial charge is 0.506 e. The minimum Gasteiger partial charge on any atom is -0.506 e. The quantitative estimate of drug-likeness (QED) is 0.221. The number of phenols is 1. The second kappa shape index (κ2) is 18.3. The van der Waals surface area contributed by atoms with Gasteiger partial charge in [-0.25, -0.2) is 4.79 Å². The molecule has 1 aliphatic carbocycles. The van der Waals surface area contributed by atoms with Crippen molar-refractivity contribution in [1.29, 1.82) is 0 Å². The number of aromatic hydroxyl groups is 1. The topological polar surface area (TPSA) is 147 Å². The summed E-state index contributed by atoms with van der Waals surface area (Å²) < 4.78 is 0.905. The molecule has 7 rings (SSSR count). The molecule has 4 amide bonds. The fraction of sp³-hybridized carbons (Fsp3) is 0.452. The molecule has 296 valence electrons. The number of carbonyl (C=O) groups excluding carboxylic acids is 4. The number of nitrogens with zero attached hydrogens (tertiary/aromatic N) is 4. The van der Waals surface area contributed by atoms with Crippen LogP contribution in [-0.4, -0.2) is 108 Å². The number of rotatable bonds is 10. The Balaban J connectivity index is 1.05. The van der Waals surface area contributed by atoms with Gasteiger partial charge >= 0.3 is 6.03 Å². The standard InChI is InChI=1S/C42H49Br2N7O5/c43-34-21-28(22-35(44)39(34)53)24-36(48-42(56)51-15-9-29(10-16-51)33-25-30-3-1-2-4-31(30)26-38(33)52)40(54)47-37(23-27-5-11-45-12-6-27)41(55)50-19-17-49(18-20-50)32-7-13-46-14-8-32/h1-4,7-8,13-14,21-22,25,27,29,36-37,45,53H,5-6,9-12,15-20,23-24,26H2,(H,47,54)(H,48,56)/t36-,37+/m1/s1. The number of aromatic nitrogens is 1. The van der Waals surface area contributed by atoms with Crippen molar-refractivity contribution in [2.75, 3.05) is 57.3 Å². The van der Waals surface area contributed by atoms with Crippen LogP contribution in [0.5, 0.6) is 5.75 Å². The molecule has 56 heavy (non-hydrogen) atoms. The maximum Gasteiger partial charge on any atom is 0.318 e. The van der Waals surface area contributed by atoms with Gasteiger partial charge in [0, 0.05) is 70.2 Å². The molecule has 3 aliphatic heterocycles. The number of allylic oxidation sites excluding steroid dienone is 1. The van der Waals surface area contributed by atoms with Gasteiger partial charge in [0.1, 0.15) is 17.8 Å². The van der Waals surface area contributed by atoms with E-state index in [9.17, 15) is 24.3 Å². The van der Waals surface area contributed by atoms with E-state index in [0.717, 1.165) is 48.3 Å². The first-order valence-corrected chi connectivity index (χ1v) is 21.2. The molecule has 0 radical (unpaired) electrons. The van der Waals surface area contributed by atoms with E-state index in [-0.39, 0.29) is 41.7 Å². The molecule has 14 heteroatoms. The Hall–Kier alpha value is -4.27. The lowest BCUT2D eigenvalue weighted by atomic mass is 9.80. The number of anilines is 1. The fourth-order valence-electron chi connectivity index (χ4n) is 8.42. The highest BCUT2D eigenvalue weighted by Crippen LogP contribution is 2.34. The molecular formula is C42H49Br2N7O5. The van der Waals surface area contributed by atoms with Crippen molar-refractivity contribution >= 4 is 67.3 Å². The number of Topliss-reactive ketones (excluding diaryl/α,β-unsaturated/α-hetero) is 1. The van der Waals surface area contributed by atoms with Crippen molar-refractivity contribution in [2.45, 2.75) is 57.0 Å². The maximum atomic E-state index is 14.4. The number of halogens is 2. The summed E-state index contributed by atoms with van der Waals surface area (Å²) in [6.07, 6.45) is 9.69. The highest BCUT2D eigenvalue weighted by molar-refractivity contribution is 9.11.